The van der Waals surface area contributed by atoms with E-state index in [1.54, 1.807) is 20.1 Å². The number of nitrogens with one attached hydrogen (secondary N) is 1. The van der Waals surface area contributed by atoms with E-state index < -0.39 is 0 Å². The molecule has 0 heterocycles. The molecule has 0 radical (unpaired) electrons. The van der Waals surface area contributed by atoms with Crippen molar-refractivity contribution in [2.75, 3.05) is 7.11 Å². The maximum absolute atomic E-state index is 12.4. The smallest absolute Gasteiger partial charge is 0.227 e. The number of benzene rings is 1. The molecule has 0 saturated heterocycles. The summed E-state index contributed by atoms with van der Waals surface area (Å²) in [6.07, 6.45) is 12.7. The van der Waals surface area contributed by atoms with Crippen LogP contribution < -0.4 is 5.32 Å². The van der Waals surface area contributed by atoms with Crippen LogP contribution in [-0.4, -0.2) is 18.8 Å². The first-order chi connectivity index (χ1) is 15.8. The van der Waals surface area contributed by atoms with Gasteiger partial charge >= 0.3 is 0 Å². The third-order valence-electron chi connectivity index (χ3n) is 6.43. The molecule has 0 spiro atoms. The molecule has 0 aromatic heterocycles. The van der Waals surface area contributed by atoms with Crippen LogP contribution in [0.1, 0.15) is 87.7 Å². The van der Waals surface area contributed by atoms with E-state index in [0.29, 0.717) is 0 Å². The second-order valence-electron chi connectivity index (χ2n) is 8.65. The molecule has 4 heteroatoms. The number of ether oxygens (including phenoxy) is 1. The molecule has 1 aromatic rings. The Bertz CT molecular complexity index is 836. The van der Waals surface area contributed by atoms with Gasteiger partial charge in [-0.3, -0.25) is 9.59 Å². The van der Waals surface area contributed by atoms with Gasteiger partial charge in [0.1, 0.15) is 0 Å². The molecule has 1 aliphatic carbocycles. The van der Waals surface area contributed by atoms with Crippen LogP contribution in [0.2, 0.25) is 0 Å². The van der Waals surface area contributed by atoms with Crippen LogP contribution in [0.25, 0.3) is 0 Å². The fraction of sp³-hybridized carbons (Fsp3) is 0.517. The summed E-state index contributed by atoms with van der Waals surface area (Å²) in [7, 11) is 1.65. The lowest BCUT2D eigenvalue weighted by Crippen LogP contribution is -2.32. The Kier molecular flexibility index (Phi) is 13.1. The number of Topliss-reactive ketones (excluding diaryl/α,β-unsaturated/α-hetero) is 1. The van der Waals surface area contributed by atoms with E-state index in [1.165, 1.54) is 30.4 Å². The van der Waals surface area contributed by atoms with Crippen LogP contribution in [0.4, 0.5) is 0 Å². The third-order valence-corrected chi connectivity index (χ3v) is 6.43. The zero-order chi connectivity index (χ0) is 24.8. The van der Waals surface area contributed by atoms with Gasteiger partial charge in [-0.25, -0.2) is 0 Å². The van der Waals surface area contributed by atoms with E-state index in [2.05, 4.69) is 25.7 Å². The van der Waals surface area contributed by atoms with Crippen molar-refractivity contribution in [2.24, 2.45) is 11.8 Å². The number of ketones is 1. The van der Waals surface area contributed by atoms with Gasteiger partial charge in [0.15, 0.2) is 5.78 Å². The lowest BCUT2D eigenvalue weighted by atomic mass is 9.80. The topological polar surface area (TPSA) is 55.4 Å². The SMILES string of the molecule is C=C/C=C(\C=C(/CC)OC)NC(=O)C1CCC(CC)CC1.CCc1c(C)cccc1C(C)=O. The van der Waals surface area contributed by atoms with Gasteiger partial charge in [-0.15, -0.1) is 0 Å². The Morgan fingerprint density at radius 1 is 1.15 bits per heavy atom. The highest BCUT2D eigenvalue weighted by atomic mass is 16.5. The molecule has 4 nitrogen and oxygen atoms in total. The van der Waals surface area contributed by atoms with Gasteiger partial charge in [0.05, 0.1) is 12.9 Å². The molecule has 1 amide bonds. The van der Waals surface area contributed by atoms with Crippen molar-refractivity contribution < 1.29 is 14.3 Å². The zero-order valence-corrected chi connectivity index (χ0v) is 21.5. The number of allylic oxidation sites excluding steroid dienone is 4. The van der Waals surface area contributed by atoms with Gasteiger partial charge in [-0.05, 0) is 75.1 Å². The van der Waals surface area contributed by atoms with Gasteiger partial charge in [0.25, 0.3) is 0 Å². The number of hydrogen-bond donors (Lipinski definition) is 1. The monoisotopic (exact) mass is 453 g/mol. The highest BCUT2D eigenvalue weighted by molar-refractivity contribution is 5.95. The maximum Gasteiger partial charge on any atom is 0.227 e. The van der Waals surface area contributed by atoms with Crippen LogP contribution >= 0.6 is 0 Å². The maximum atomic E-state index is 12.4. The largest absolute Gasteiger partial charge is 0.501 e. The van der Waals surface area contributed by atoms with E-state index in [-0.39, 0.29) is 17.6 Å². The molecule has 1 N–H and O–H groups in total. The summed E-state index contributed by atoms with van der Waals surface area (Å²) in [5.41, 5.74) is 4.03. The number of carbonyl (C=O) groups excluding carboxylic acids is 2. The number of hydrogen-bond acceptors (Lipinski definition) is 3. The van der Waals surface area contributed by atoms with E-state index >= 15 is 0 Å². The number of carbonyl (C=O) groups is 2. The number of amides is 1. The Morgan fingerprint density at radius 2 is 1.82 bits per heavy atom. The van der Waals surface area contributed by atoms with Crippen molar-refractivity contribution in [2.45, 2.75) is 79.6 Å². The first-order valence-electron chi connectivity index (χ1n) is 12.3. The first-order valence-corrected chi connectivity index (χ1v) is 12.3. The standard InChI is InChI=1S/C18H29NO2.C11H14O/c1-5-8-16(13-17(7-3)21-4)19-18(20)15-11-9-14(6-2)10-12-15;1-4-10-8(2)6-5-7-11(10)9(3)12/h5,8,13-15H,1,6-7,9-12H2,2-4H3,(H,19,20);5-7H,4H2,1-3H3/b16-8+,17-13+;. The Morgan fingerprint density at radius 3 is 2.27 bits per heavy atom. The summed E-state index contributed by atoms with van der Waals surface area (Å²) in [5.74, 6) is 2.08. The van der Waals surface area contributed by atoms with Crippen LogP contribution in [0.15, 0.2) is 54.5 Å². The molecule has 0 bridgehead atoms. The van der Waals surface area contributed by atoms with Crippen molar-refractivity contribution in [3.05, 3.63) is 71.2 Å². The third kappa shape index (κ3) is 9.41. The second kappa shape index (κ2) is 15.3. The van der Waals surface area contributed by atoms with E-state index in [4.69, 9.17) is 4.74 Å². The fourth-order valence-corrected chi connectivity index (χ4v) is 4.31. The van der Waals surface area contributed by atoms with Crippen LogP contribution in [0.3, 0.4) is 0 Å². The molecule has 1 aromatic carbocycles. The number of rotatable bonds is 9. The quantitative estimate of drug-likeness (QED) is 0.247. The van der Waals surface area contributed by atoms with Gasteiger partial charge in [0, 0.05) is 23.6 Å². The van der Waals surface area contributed by atoms with Gasteiger partial charge in [-0.1, -0.05) is 58.0 Å². The van der Waals surface area contributed by atoms with Gasteiger partial charge < -0.3 is 10.1 Å². The van der Waals surface area contributed by atoms with Crippen LogP contribution in [0.5, 0.6) is 0 Å². The molecule has 33 heavy (non-hydrogen) atoms. The van der Waals surface area contributed by atoms with E-state index in [9.17, 15) is 9.59 Å². The minimum Gasteiger partial charge on any atom is -0.501 e. The predicted molar refractivity (Wildman–Crippen MR) is 138 cm³/mol. The molecule has 0 unspecified atom stereocenters. The normalized spacial score (nSPS) is 18.6. The van der Waals surface area contributed by atoms with Gasteiger partial charge in [-0.2, -0.15) is 0 Å². The average molecular weight is 454 g/mol. The summed E-state index contributed by atoms with van der Waals surface area (Å²) in [5, 5.41) is 3.01. The van der Waals surface area contributed by atoms with Gasteiger partial charge in [0.2, 0.25) is 5.91 Å². The van der Waals surface area contributed by atoms with Crippen LogP contribution in [0, 0.1) is 18.8 Å². The lowest BCUT2D eigenvalue weighted by molar-refractivity contribution is -0.125. The first kappa shape index (κ1) is 28.4. The molecular weight excluding hydrogens is 410 g/mol. The summed E-state index contributed by atoms with van der Waals surface area (Å²) in [4.78, 5) is 23.6. The molecule has 0 atom stereocenters. The fourth-order valence-electron chi connectivity index (χ4n) is 4.31. The molecule has 1 aliphatic rings. The minimum atomic E-state index is 0.125. The molecule has 182 valence electrons. The highest BCUT2D eigenvalue weighted by Crippen LogP contribution is 2.30. The van der Waals surface area contributed by atoms with Crippen molar-refractivity contribution in [3.8, 4) is 0 Å². The molecule has 1 fully saturated rings. The van der Waals surface area contributed by atoms with Crippen molar-refractivity contribution in [3.63, 3.8) is 0 Å². The number of methoxy groups -OCH3 is 1. The Balaban J connectivity index is 0.000000383. The Hall–Kier alpha value is -2.62. The van der Waals surface area contributed by atoms with E-state index in [1.807, 2.05) is 44.2 Å². The minimum absolute atomic E-state index is 0.125. The average Bonchev–Trinajstić information content (AvgIpc) is 2.82. The Labute approximate surface area is 201 Å². The van der Waals surface area contributed by atoms with E-state index in [0.717, 1.165) is 48.6 Å². The summed E-state index contributed by atoms with van der Waals surface area (Å²) in [6, 6.07) is 5.88. The van der Waals surface area contributed by atoms with Crippen molar-refractivity contribution in [1.29, 1.82) is 0 Å². The number of aryl methyl sites for hydroxylation is 1. The molecule has 0 aliphatic heterocycles. The summed E-state index contributed by atoms with van der Waals surface area (Å²) in [6.45, 7) is 13.7. The highest BCUT2D eigenvalue weighted by Gasteiger charge is 2.25. The van der Waals surface area contributed by atoms with Crippen LogP contribution in [-0.2, 0) is 16.0 Å². The summed E-state index contributed by atoms with van der Waals surface area (Å²) >= 11 is 0. The molecule has 1 saturated carbocycles. The van der Waals surface area contributed by atoms with Crippen molar-refractivity contribution in [1.82, 2.24) is 5.32 Å². The zero-order valence-electron chi connectivity index (χ0n) is 21.5. The predicted octanol–water partition coefficient (Wildman–Crippen LogP) is 7.09. The lowest BCUT2D eigenvalue weighted by Gasteiger charge is -2.27. The second-order valence-corrected chi connectivity index (χ2v) is 8.65. The van der Waals surface area contributed by atoms with Crippen molar-refractivity contribution >= 4 is 11.7 Å². The molecule has 2 rings (SSSR count). The summed E-state index contributed by atoms with van der Waals surface area (Å²) < 4.78 is 5.27. The molecular formula is C29H43NO3.